The maximum Gasteiger partial charge on any atom is 0.227 e. The lowest BCUT2D eigenvalue weighted by Gasteiger charge is -2.23. The Hall–Kier alpha value is -1.39. The first-order valence-electron chi connectivity index (χ1n) is 6.68. The van der Waals surface area contributed by atoms with Gasteiger partial charge in [-0.25, -0.2) is 4.98 Å². The van der Waals surface area contributed by atoms with Crippen LogP contribution in [0.3, 0.4) is 0 Å². The Morgan fingerprint density at radius 3 is 3.05 bits per heavy atom. The fourth-order valence-corrected chi connectivity index (χ4v) is 3.61. The number of halogens is 1. The molecule has 2 heterocycles. The van der Waals surface area contributed by atoms with Crippen molar-refractivity contribution in [3.63, 3.8) is 0 Å². The highest BCUT2D eigenvalue weighted by Crippen LogP contribution is 2.33. The van der Waals surface area contributed by atoms with Gasteiger partial charge in [0.05, 0.1) is 12.5 Å². The van der Waals surface area contributed by atoms with Crippen molar-refractivity contribution in [2.45, 2.75) is 25.3 Å². The minimum Gasteiger partial charge on any atom is -0.333 e. The van der Waals surface area contributed by atoms with Crippen LogP contribution in [0, 0.1) is 0 Å². The topological polar surface area (TPSA) is 33.2 Å². The SMILES string of the molecule is O=C(Cc1ccccc1Cl)N1CCCC1c1nccs1. The summed E-state index contributed by atoms with van der Waals surface area (Å²) < 4.78 is 0. The van der Waals surface area contributed by atoms with E-state index < -0.39 is 0 Å². The number of aromatic nitrogens is 1. The van der Waals surface area contributed by atoms with Crippen LogP contribution in [0.5, 0.6) is 0 Å². The molecule has 0 bridgehead atoms. The van der Waals surface area contributed by atoms with Gasteiger partial charge in [-0.05, 0) is 24.5 Å². The molecule has 1 saturated heterocycles. The van der Waals surface area contributed by atoms with Crippen LogP contribution in [0.15, 0.2) is 35.8 Å². The van der Waals surface area contributed by atoms with Crippen LogP contribution in [-0.4, -0.2) is 22.3 Å². The predicted molar refractivity (Wildman–Crippen MR) is 81.0 cm³/mol. The number of carbonyl (C=O) groups excluding carboxylic acids is 1. The first-order chi connectivity index (χ1) is 9.75. The molecule has 0 saturated carbocycles. The predicted octanol–water partition coefficient (Wildman–Crippen LogP) is 3.70. The zero-order valence-corrected chi connectivity index (χ0v) is 12.5. The number of likely N-dealkylation sites (tertiary alicyclic amines) is 1. The summed E-state index contributed by atoms with van der Waals surface area (Å²) in [5.74, 6) is 0.135. The third-order valence-electron chi connectivity index (χ3n) is 3.61. The maximum absolute atomic E-state index is 12.5. The summed E-state index contributed by atoms with van der Waals surface area (Å²) in [5.41, 5.74) is 0.893. The van der Waals surface area contributed by atoms with Crippen molar-refractivity contribution in [3.8, 4) is 0 Å². The van der Waals surface area contributed by atoms with Crippen LogP contribution in [0.2, 0.25) is 5.02 Å². The molecule has 3 nitrogen and oxygen atoms in total. The monoisotopic (exact) mass is 306 g/mol. The molecular weight excluding hydrogens is 292 g/mol. The van der Waals surface area contributed by atoms with Crippen molar-refractivity contribution in [1.29, 1.82) is 0 Å². The highest BCUT2D eigenvalue weighted by Gasteiger charge is 2.31. The molecule has 1 aliphatic rings. The minimum absolute atomic E-state index is 0.135. The quantitative estimate of drug-likeness (QED) is 0.866. The molecule has 0 radical (unpaired) electrons. The molecule has 20 heavy (non-hydrogen) atoms. The second kappa shape index (κ2) is 5.94. The average molecular weight is 307 g/mol. The molecule has 1 fully saturated rings. The van der Waals surface area contributed by atoms with E-state index in [4.69, 9.17) is 11.6 Å². The van der Waals surface area contributed by atoms with E-state index >= 15 is 0 Å². The van der Waals surface area contributed by atoms with Crippen molar-refractivity contribution in [2.75, 3.05) is 6.54 Å². The molecule has 0 N–H and O–H groups in total. The summed E-state index contributed by atoms with van der Waals surface area (Å²) in [5, 5.41) is 3.66. The van der Waals surface area contributed by atoms with Crippen LogP contribution in [0.25, 0.3) is 0 Å². The molecule has 0 spiro atoms. The van der Waals surface area contributed by atoms with Gasteiger partial charge in [-0.3, -0.25) is 4.79 Å². The zero-order valence-electron chi connectivity index (χ0n) is 11.0. The molecule has 104 valence electrons. The van der Waals surface area contributed by atoms with E-state index in [-0.39, 0.29) is 11.9 Å². The number of carbonyl (C=O) groups is 1. The Kier molecular flexibility index (Phi) is 4.03. The van der Waals surface area contributed by atoms with E-state index in [9.17, 15) is 4.79 Å². The number of nitrogens with zero attached hydrogens (tertiary/aromatic N) is 2. The molecular formula is C15H15ClN2OS. The van der Waals surface area contributed by atoms with Crippen LogP contribution in [-0.2, 0) is 11.2 Å². The third-order valence-corrected chi connectivity index (χ3v) is 4.85. The van der Waals surface area contributed by atoms with Gasteiger partial charge in [-0.1, -0.05) is 29.8 Å². The van der Waals surface area contributed by atoms with Gasteiger partial charge in [-0.2, -0.15) is 0 Å². The third kappa shape index (κ3) is 2.72. The van der Waals surface area contributed by atoms with Crippen molar-refractivity contribution >= 4 is 28.8 Å². The summed E-state index contributed by atoms with van der Waals surface area (Å²) in [4.78, 5) is 18.8. The molecule has 5 heteroatoms. The van der Waals surface area contributed by atoms with Gasteiger partial charge in [0.2, 0.25) is 5.91 Å². The lowest BCUT2D eigenvalue weighted by molar-refractivity contribution is -0.131. The van der Waals surface area contributed by atoms with Crippen molar-refractivity contribution in [2.24, 2.45) is 0 Å². The fraction of sp³-hybridized carbons (Fsp3) is 0.333. The van der Waals surface area contributed by atoms with Gasteiger partial charge < -0.3 is 4.90 Å². The van der Waals surface area contributed by atoms with Crippen molar-refractivity contribution in [1.82, 2.24) is 9.88 Å². The van der Waals surface area contributed by atoms with Gasteiger partial charge in [-0.15, -0.1) is 11.3 Å². The minimum atomic E-state index is 0.135. The van der Waals surface area contributed by atoms with Crippen LogP contribution in [0.4, 0.5) is 0 Å². The van der Waals surface area contributed by atoms with E-state index in [1.165, 1.54) is 0 Å². The van der Waals surface area contributed by atoms with Gasteiger partial charge >= 0.3 is 0 Å². The number of hydrogen-bond donors (Lipinski definition) is 0. The number of thiazole rings is 1. The smallest absolute Gasteiger partial charge is 0.227 e. The summed E-state index contributed by atoms with van der Waals surface area (Å²) in [6.45, 7) is 0.813. The van der Waals surface area contributed by atoms with Crippen LogP contribution in [0.1, 0.15) is 29.5 Å². The Morgan fingerprint density at radius 1 is 1.45 bits per heavy atom. The summed E-state index contributed by atoms with van der Waals surface area (Å²) >= 11 is 7.75. The molecule has 3 rings (SSSR count). The summed E-state index contributed by atoms with van der Waals surface area (Å²) in [6, 6.07) is 7.67. The number of benzene rings is 1. The molecule has 1 aromatic heterocycles. The first kappa shape index (κ1) is 13.6. The Morgan fingerprint density at radius 2 is 2.30 bits per heavy atom. The second-order valence-corrected chi connectivity index (χ2v) is 6.22. The normalized spacial score (nSPS) is 18.4. The Bertz CT molecular complexity index is 600. The second-order valence-electron chi connectivity index (χ2n) is 4.88. The first-order valence-corrected chi connectivity index (χ1v) is 7.94. The molecule has 1 atom stereocenters. The Labute approximate surface area is 127 Å². The van der Waals surface area contributed by atoms with Gasteiger partial charge in [0.15, 0.2) is 0 Å². The zero-order chi connectivity index (χ0) is 13.9. The molecule has 1 amide bonds. The Balaban J connectivity index is 1.75. The van der Waals surface area contributed by atoms with Crippen LogP contribution >= 0.6 is 22.9 Å². The highest BCUT2D eigenvalue weighted by molar-refractivity contribution is 7.09. The van der Waals surface area contributed by atoms with E-state index in [0.29, 0.717) is 11.4 Å². The summed E-state index contributed by atoms with van der Waals surface area (Å²) in [6.07, 6.45) is 4.21. The summed E-state index contributed by atoms with van der Waals surface area (Å²) in [7, 11) is 0. The molecule has 1 aromatic carbocycles. The number of hydrogen-bond acceptors (Lipinski definition) is 3. The van der Waals surface area contributed by atoms with Crippen LogP contribution < -0.4 is 0 Å². The van der Waals surface area contributed by atoms with Gasteiger partial charge in [0, 0.05) is 23.1 Å². The van der Waals surface area contributed by atoms with E-state index in [1.54, 1.807) is 17.5 Å². The van der Waals surface area contributed by atoms with E-state index in [2.05, 4.69) is 4.98 Å². The van der Waals surface area contributed by atoms with Crippen molar-refractivity contribution < 1.29 is 4.79 Å². The lowest BCUT2D eigenvalue weighted by atomic mass is 10.1. The number of amides is 1. The molecule has 2 aromatic rings. The number of rotatable bonds is 3. The fourth-order valence-electron chi connectivity index (χ4n) is 2.63. The molecule has 0 aliphatic carbocycles. The standard InChI is InChI=1S/C15H15ClN2OS/c16-12-5-2-1-4-11(12)10-14(19)18-8-3-6-13(18)15-17-7-9-20-15/h1-2,4-5,7,9,13H,3,6,8,10H2. The molecule has 1 aliphatic heterocycles. The van der Waals surface area contributed by atoms with E-state index in [0.717, 1.165) is 30.0 Å². The molecule has 1 unspecified atom stereocenters. The average Bonchev–Trinajstić information content (AvgIpc) is 3.11. The largest absolute Gasteiger partial charge is 0.333 e. The lowest BCUT2D eigenvalue weighted by Crippen LogP contribution is -2.31. The maximum atomic E-state index is 12.5. The van der Waals surface area contributed by atoms with Gasteiger partial charge in [0.25, 0.3) is 0 Å². The van der Waals surface area contributed by atoms with Crippen molar-refractivity contribution in [3.05, 3.63) is 51.4 Å². The highest BCUT2D eigenvalue weighted by atomic mass is 35.5. The van der Waals surface area contributed by atoms with E-state index in [1.807, 2.05) is 34.5 Å². The van der Waals surface area contributed by atoms with Gasteiger partial charge in [0.1, 0.15) is 5.01 Å².